The third kappa shape index (κ3) is 14.7. The number of benzene rings is 1. The standard InChI is InChI=1S/C33H45N7O11/c1-40(13-17-50-15-11-38(12-16-51-18-14-40)29(44)9-10-39-30(45)7-8-31(39)46)23-28(43)35-20-26(41)34-21-27(42)37-25(33(49)36-22-32(47)48)19-24-5-3-2-4-6-24/h2-8,25H,9-23H2,1H3,(H4-,34,35,36,37,41,42,43,47,48,49)/p+1/t25-/m0/s1. The number of quaternary nitrogens is 1. The van der Waals surface area contributed by atoms with Crippen LogP contribution in [0.25, 0.3) is 0 Å². The van der Waals surface area contributed by atoms with E-state index in [1.54, 1.807) is 35.2 Å². The van der Waals surface area contributed by atoms with Gasteiger partial charge in [0.15, 0.2) is 6.54 Å². The monoisotopic (exact) mass is 716 g/mol. The number of imide groups is 1. The van der Waals surface area contributed by atoms with Crippen LogP contribution < -0.4 is 21.3 Å². The largest absolute Gasteiger partial charge is 0.480 e. The molecule has 2 heterocycles. The minimum Gasteiger partial charge on any atom is -0.480 e. The van der Waals surface area contributed by atoms with Crippen LogP contribution in [0.2, 0.25) is 0 Å². The van der Waals surface area contributed by atoms with Crippen molar-refractivity contribution in [2.75, 3.05) is 92.4 Å². The van der Waals surface area contributed by atoms with E-state index in [9.17, 15) is 38.4 Å². The molecule has 0 spiro atoms. The van der Waals surface area contributed by atoms with Crippen molar-refractivity contribution < 1.29 is 57.4 Å². The Hall–Kier alpha value is -5.20. The highest BCUT2D eigenvalue weighted by Gasteiger charge is 2.28. The summed E-state index contributed by atoms with van der Waals surface area (Å²) in [6.07, 6.45) is 2.42. The number of carboxylic acids is 1. The Morgan fingerprint density at radius 3 is 2.00 bits per heavy atom. The Kier molecular flexibility index (Phi) is 16.1. The molecule has 7 amide bonds. The van der Waals surface area contributed by atoms with Crippen LogP contribution in [-0.2, 0) is 54.3 Å². The number of aliphatic carboxylic acids is 1. The van der Waals surface area contributed by atoms with Crippen LogP contribution >= 0.6 is 0 Å². The van der Waals surface area contributed by atoms with Gasteiger partial charge in [-0.3, -0.25) is 43.3 Å². The molecule has 0 unspecified atom stereocenters. The number of carbonyl (C=O) groups is 8. The first-order chi connectivity index (χ1) is 24.3. The van der Waals surface area contributed by atoms with Crippen molar-refractivity contribution in [1.29, 1.82) is 0 Å². The van der Waals surface area contributed by atoms with Gasteiger partial charge in [0.05, 0.1) is 46.6 Å². The minimum atomic E-state index is -1.24. The molecule has 1 atom stereocenters. The van der Waals surface area contributed by atoms with Gasteiger partial charge in [0.25, 0.3) is 17.7 Å². The van der Waals surface area contributed by atoms with E-state index in [1.807, 2.05) is 7.05 Å². The second-order valence-electron chi connectivity index (χ2n) is 12.2. The second kappa shape index (κ2) is 20.5. The summed E-state index contributed by atoms with van der Waals surface area (Å²) in [5, 5.41) is 18.6. The van der Waals surface area contributed by atoms with Gasteiger partial charge in [-0.25, -0.2) is 0 Å². The summed E-state index contributed by atoms with van der Waals surface area (Å²) in [5.41, 5.74) is 0.729. The molecule has 0 aromatic heterocycles. The number of hydrogen-bond acceptors (Lipinski definition) is 10. The predicted octanol–water partition coefficient (Wildman–Crippen LogP) is -3.22. The summed E-state index contributed by atoms with van der Waals surface area (Å²) < 4.78 is 11.8. The zero-order valence-electron chi connectivity index (χ0n) is 28.6. The molecular weight excluding hydrogens is 670 g/mol. The lowest BCUT2D eigenvalue weighted by Gasteiger charge is -2.34. The van der Waals surface area contributed by atoms with Gasteiger partial charge in [-0.1, -0.05) is 30.3 Å². The van der Waals surface area contributed by atoms with E-state index in [-0.39, 0.29) is 75.8 Å². The minimum absolute atomic E-state index is 0.0100. The summed E-state index contributed by atoms with van der Waals surface area (Å²) in [6.45, 7) is 0.974. The van der Waals surface area contributed by atoms with Crippen LogP contribution in [-0.4, -0.2) is 165 Å². The number of carboxylic acid groups (broad SMARTS) is 1. The average molecular weight is 717 g/mol. The van der Waals surface area contributed by atoms with Crippen molar-refractivity contribution in [3.05, 3.63) is 48.0 Å². The van der Waals surface area contributed by atoms with Gasteiger partial charge in [-0.05, 0) is 5.56 Å². The molecule has 51 heavy (non-hydrogen) atoms. The fourth-order valence-electron chi connectivity index (χ4n) is 5.18. The van der Waals surface area contributed by atoms with E-state index in [0.29, 0.717) is 13.1 Å². The zero-order chi connectivity index (χ0) is 37.2. The Morgan fingerprint density at radius 1 is 0.804 bits per heavy atom. The van der Waals surface area contributed by atoms with Gasteiger partial charge < -0.3 is 45.2 Å². The Labute approximate surface area is 295 Å². The first-order valence-corrected chi connectivity index (χ1v) is 16.5. The summed E-state index contributed by atoms with van der Waals surface area (Å²) in [4.78, 5) is 100. The van der Waals surface area contributed by atoms with Crippen LogP contribution in [0.5, 0.6) is 0 Å². The molecule has 1 aromatic rings. The van der Waals surface area contributed by atoms with Crippen molar-refractivity contribution in [1.82, 2.24) is 31.1 Å². The highest BCUT2D eigenvalue weighted by atomic mass is 16.5. The van der Waals surface area contributed by atoms with Gasteiger partial charge in [0.1, 0.15) is 25.7 Å². The fourth-order valence-corrected chi connectivity index (χ4v) is 5.18. The van der Waals surface area contributed by atoms with Gasteiger partial charge in [-0.15, -0.1) is 0 Å². The van der Waals surface area contributed by atoms with Crippen LogP contribution in [0.15, 0.2) is 42.5 Å². The quantitative estimate of drug-likeness (QED) is 0.0896. The number of rotatable bonds is 15. The summed E-state index contributed by atoms with van der Waals surface area (Å²) >= 11 is 0. The maximum Gasteiger partial charge on any atom is 0.322 e. The Bertz CT molecular complexity index is 1420. The molecule has 1 aromatic carbocycles. The van der Waals surface area contributed by atoms with Gasteiger partial charge >= 0.3 is 5.97 Å². The molecule has 2 aliphatic heterocycles. The summed E-state index contributed by atoms with van der Waals surface area (Å²) in [5.74, 6) is -4.79. The lowest BCUT2D eigenvalue weighted by Crippen LogP contribution is -2.55. The number of hydrogen-bond donors (Lipinski definition) is 5. The maximum atomic E-state index is 12.8. The van der Waals surface area contributed by atoms with E-state index in [0.717, 1.165) is 10.5 Å². The van der Waals surface area contributed by atoms with Crippen molar-refractivity contribution in [3.8, 4) is 0 Å². The number of nitrogens with zero attached hydrogens (tertiary/aromatic N) is 3. The summed E-state index contributed by atoms with van der Waals surface area (Å²) in [6, 6.07) is 7.72. The van der Waals surface area contributed by atoms with E-state index in [1.165, 1.54) is 12.2 Å². The molecule has 3 rings (SSSR count). The fraction of sp³-hybridized carbons (Fsp3) is 0.515. The highest BCUT2D eigenvalue weighted by Crippen LogP contribution is 2.08. The molecule has 0 saturated carbocycles. The first-order valence-electron chi connectivity index (χ1n) is 16.5. The van der Waals surface area contributed by atoms with Crippen LogP contribution in [0.4, 0.5) is 0 Å². The summed E-state index contributed by atoms with van der Waals surface area (Å²) in [7, 11) is 1.85. The molecular formula is C33H46N7O11+. The smallest absolute Gasteiger partial charge is 0.322 e. The predicted molar refractivity (Wildman–Crippen MR) is 178 cm³/mol. The van der Waals surface area contributed by atoms with Crippen LogP contribution in [0.1, 0.15) is 12.0 Å². The Morgan fingerprint density at radius 2 is 1.39 bits per heavy atom. The van der Waals surface area contributed by atoms with Crippen molar-refractivity contribution in [2.24, 2.45) is 0 Å². The molecule has 18 nitrogen and oxygen atoms in total. The Balaban J connectivity index is 1.39. The molecule has 2 aliphatic rings. The molecule has 5 N–H and O–H groups in total. The number of carbonyl (C=O) groups excluding carboxylic acids is 7. The molecule has 0 bridgehead atoms. The normalized spacial score (nSPS) is 17.0. The third-order valence-electron chi connectivity index (χ3n) is 8.13. The van der Waals surface area contributed by atoms with E-state index in [2.05, 4.69) is 21.3 Å². The first kappa shape index (κ1) is 40.2. The number of nitrogens with one attached hydrogen (secondary N) is 4. The third-order valence-corrected chi connectivity index (χ3v) is 8.13. The molecule has 278 valence electrons. The van der Waals surface area contributed by atoms with Crippen LogP contribution in [0.3, 0.4) is 0 Å². The lowest BCUT2D eigenvalue weighted by molar-refractivity contribution is -0.902. The molecule has 18 heteroatoms. The maximum absolute atomic E-state index is 12.8. The average Bonchev–Trinajstić information content (AvgIpc) is 3.41. The van der Waals surface area contributed by atoms with E-state index < -0.39 is 67.1 Å². The van der Waals surface area contributed by atoms with Crippen molar-refractivity contribution in [3.63, 3.8) is 0 Å². The highest BCUT2D eigenvalue weighted by molar-refractivity contribution is 6.13. The zero-order valence-corrected chi connectivity index (χ0v) is 28.6. The van der Waals surface area contributed by atoms with Gasteiger partial charge in [0.2, 0.25) is 23.6 Å². The van der Waals surface area contributed by atoms with E-state index >= 15 is 0 Å². The van der Waals surface area contributed by atoms with Crippen molar-refractivity contribution >= 4 is 47.3 Å². The van der Waals surface area contributed by atoms with Crippen molar-refractivity contribution in [2.45, 2.75) is 18.9 Å². The molecule has 0 radical (unpaired) electrons. The van der Waals surface area contributed by atoms with E-state index in [4.69, 9.17) is 14.6 Å². The second-order valence-corrected chi connectivity index (χ2v) is 12.2. The number of amides is 7. The number of likely N-dealkylation sites (N-methyl/N-ethyl adjacent to an activating group) is 1. The topological polar surface area (TPSA) is 230 Å². The van der Waals surface area contributed by atoms with Gasteiger partial charge in [0, 0.05) is 44.6 Å². The molecule has 1 saturated heterocycles. The number of ether oxygens (including phenoxy) is 2. The molecule has 1 fully saturated rings. The van der Waals surface area contributed by atoms with Crippen LogP contribution in [0, 0.1) is 0 Å². The van der Waals surface area contributed by atoms with Gasteiger partial charge in [-0.2, -0.15) is 0 Å². The SMILES string of the molecule is C[N+]1(CC(=O)NCC(=O)NCC(=O)N[C@@H](Cc2ccccc2)C(=O)NCC(=O)O)CCOCCN(C(=O)CCN2C(=O)C=CC2=O)CCOCC1. The molecule has 0 aliphatic carbocycles. The lowest BCUT2D eigenvalue weighted by atomic mass is 10.1.